The van der Waals surface area contributed by atoms with Gasteiger partial charge < -0.3 is 5.11 Å². The zero-order valence-corrected chi connectivity index (χ0v) is 10.1. The van der Waals surface area contributed by atoms with Gasteiger partial charge in [0.15, 0.2) is 0 Å². The van der Waals surface area contributed by atoms with Gasteiger partial charge in [0, 0.05) is 5.57 Å². The third-order valence-electron chi connectivity index (χ3n) is 3.08. The van der Waals surface area contributed by atoms with Gasteiger partial charge in [0.2, 0.25) is 0 Å². The first-order valence-corrected chi connectivity index (χ1v) is 5.63. The summed E-state index contributed by atoms with van der Waals surface area (Å²) >= 11 is 0. The summed E-state index contributed by atoms with van der Waals surface area (Å²) in [4.78, 5) is 10.9. The second-order valence-electron chi connectivity index (χ2n) is 3.96. The number of benzene rings is 1. The summed E-state index contributed by atoms with van der Waals surface area (Å²) in [6.45, 7) is 5.67. The molecule has 1 aromatic carbocycles. The van der Waals surface area contributed by atoms with Crippen molar-refractivity contribution >= 4 is 5.94 Å². The van der Waals surface area contributed by atoms with Gasteiger partial charge in [-0.3, -0.25) is 0 Å². The van der Waals surface area contributed by atoms with E-state index in [1.807, 2.05) is 51.0 Å². The summed E-state index contributed by atoms with van der Waals surface area (Å²) in [6.07, 6.45) is 0.998. The van der Waals surface area contributed by atoms with Gasteiger partial charge in [-0.05, 0) is 30.9 Å². The fourth-order valence-corrected chi connectivity index (χ4v) is 2.05. The predicted octanol–water partition coefficient (Wildman–Crippen LogP) is 2.76. The molecule has 0 saturated heterocycles. The van der Waals surface area contributed by atoms with Crippen LogP contribution in [0, 0.1) is 6.92 Å². The van der Waals surface area contributed by atoms with Crippen LogP contribution in [0.3, 0.4) is 0 Å². The third kappa shape index (κ3) is 2.08. The Labute approximate surface area is 96.6 Å². The molecule has 1 N–H and O–H groups in total. The summed E-state index contributed by atoms with van der Waals surface area (Å²) in [6, 6.07) is 7.60. The van der Waals surface area contributed by atoms with Crippen LogP contribution in [0.2, 0.25) is 0 Å². The van der Waals surface area contributed by atoms with Crippen LogP contribution in [0.5, 0.6) is 0 Å². The molecule has 1 rings (SSSR count). The van der Waals surface area contributed by atoms with Crippen molar-refractivity contribution in [3.63, 3.8) is 0 Å². The van der Waals surface area contributed by atoms with Crippen LogP contribution in [0.25, 0.3) is 0 Å². The van der Waals surface area contributed by atoms with E-state index in [1.165, 1.54) is 0 Å². The Kier molecular flexibility index (Phi) is 4.05. The fraction of sp³-hybridized carbons (Fsp3) is 0.429. The van der Waals surface area contributed by atoms with Gasteiger partial charge >= 0.3 is 0 Å². The molecule has 2 nitrogen and oxygen atoms in total. The quantitative estimate of drug-likeness (QED) is 0.789. The minimum atomic E-state index is -1.16. The molecule has 1 atom stereocenters. The molecule has 86 valence electrons. The van der Waals surface area contributed by atoms with Crippen molar-refractivity contribution < 1.29 is 9.90 Å². The Morgan fingerprint density at radius 1 is 1.38 bits per heavy atom. The highest BCUT2D eigenvalue weighted by Gasteiger charge is 2.32. The summed E-state index contributed by atoms with van der Waals surface area (Å²) in [5.74, 6) is 1.89. The fourth-order valence-electron chi connectivity index (χ4n) is 2.05. The van der Waals surface area contributed by atoms with Crippen LogP contribution >= 0.6 is 0 Å². The topological polar surface area (TPSA) is 37.3 Å². The van der Waals surface area contributed by atoms with E-state index < -0.39 is 5.60 Å². The lowest BCUT2D eigenvalue weighted by Gasteiger charge is -2.29. The van der Waals surface area contributed by atoms with E-state index in [2.05, 4.69) is 0 Å². The molecule has 0 aliphatic heterocycles. The molecule has 16 heavy (non-hydrogen) atoms. The Morgan fingerprint density at radius 3 is 2.44 bits per heavy atom. The molecule has 0 fully saturated rings. The van der Waals surface area contributed by atoms with E-state index in [9.17, 15) is 9.90 Å². The van der Waals surface area contributed by atoms with Crippen molar-refractivity contribution in [1.29, 1.82) is 0 Å². The lowest BCUT2D eigenvalue weighted by atomic mass is 9.81. The lowest BCUT2D eigenvalue weighted by molar-refractivity contribution is 0.0697. The Bertz CT molecular complexity index is 416. The van der Waals surface area contributed by atoms with E-state index >= 15 is 0 Å². The van der Waals surface area contributed by atoms with Crippen molar-refractivity contribution in [2.24, 2.45) is 0 Å². The summed E-state index contributed by atoms with van der Waals surface area (Å²) in [7, 11) is 0. The van der Waals surface area contributed by atoms with E-state index in [0.29, 0.717) is 18.4 Å². The van der Waals surface area contributed by atoms with Crippen LogP contribution in [0.15, 0.2) is 29.8 Å². The van der Waals surface area contributed by atoms with Gasteiger partial charge in [-0.1, -0.05) is 38.1 Å². The first-order chi connectivity index (χ1) is 7.60. The molecule has 2 heteroatoms. The molecule has 0 spiro atoms. The maximum absolute atomic E-state index is 10.9. The van der Waals surface area contributed by atoms with Gasteiger partial charge in [-0.25, -0.2) is 4.79 Å². The van der Waals surface area contributed by atoms with Gasteiger partial charge in [0.1, 0.15) is 11.5 Å². The molecule has 0 saturated carbocycles. The second kappa shape index (κ2) is 5.11. The molecule has 0 aliphatic carbocycles. The first kappa shape index (κ1) is 12.7. The van der Waals surface area contributed by atoms with Crippen LogP contribution in [-0.4, -0.2) is 11.0 Å². The van der Waals surface area contributed by atoms with Crippen molar-refractivity contribution in [2.45, 2.75) is 39.2 Å². The predicted molar refractivity (Wildman–Crippen MR) is 64.9 cm³/mol. The molecule has 1 aromatic rings. The minimum Gasteiger partial charge on any atom is -0.380 e. The number of hydrogen-bond acceptors (Lipinski definition) is 2. The SMILES string of the molecule is CCC(=C=O)C(O)(CC)c1ccccc1C. The summed E-state index contributed by atoms with van der Waals surface area (Å²) in [5, 5.41) is 10.6. The van der Waals surface area contributed by atoms with Crippen LogP contribution in [0.1, 0.15) is 37.8 Å². The zero-order chi connectivity index (χ0) is 12.2. The zero-order valence-electron chi connectivity index (χ0n) is 10.1. The molecule has 1 unspecified atom stereocenters. The highest BCUT2D eigenvalue weighted by atomic mass is 16.3. The Hall–Kier alpha value is -1.37. The Morgan fingerprint density at radius 2 is 2.00 bits per heavy atom. The highest BCUT2D eigenvalue weighted by molar-refractivity contribution is 5.58. The molecule has 0 bridgehead atoms. The third-order valence-corrected chi connectivity index (χ3v) is 3.08. The van der Waals surface area contributed by atoms with E-state index in [-0.39, 0.29) is 0 Å². The highest BCUT2D eigenvalue weighted by Crippen LogP contribution is 2.34. The maximum atomic E-state index is 10.9. The number of rotatable bonds is 4. The van der Waals surface area contributed by atoms with E-state index in [1.54, 1.807) is 0 Å². The van der Waals surface area contributed by atoms with Gasteiger partial charge in [-0.2, -0.15) is 0 Å². The smallest absolute Gasteiger partial charge is 0.126 e. The largest absolute Gasteiger partial charge is 0.380 e. The van der Waals surface area contributed by atoms with Gasteiger partial charge in [0.05, 0.1) is 0 Å². The molecule has 0 amide bonds. The second-order valence-corrected chi connectivity index (χ2v) is 3.96. The summed E-state index contributed by atoms with van der Waals surface area (Å²) in [5.41, 5.74) is 1.05. The first-order valence-electron chi connectivity index (χ1n) is 5.63. The summed E-state index contributed by atoms with van der Waals surface area (Å²) < 4.78 is 0. The number of aliphatic hydroxyl groups is 1. The van der Waals surface area contributed by atoms with Crippen molar-refractivity contribution in [3.05, 3.63) is 41.0 Å². The lowest BCUT2D eigenvalue weighted by Crippen LogP contribution is -2.28. The van der Waals surface area contributed by atoms with Crippen molar-refractivity contribution in [3.8, 4) is 0 Å². The van der Waals surface area contributed by atoms with E-state index in [0.717, 1.165) is 11.1 Å². The van der Waals surface area contributed by atoms with Crippen LogP contribution in [0.4, 0.5) is 0 Å². The van der Waals surface area contributed by atoms with Crippen molar-refractivity contribution in [2.75, 3.05) is 0 Å². The number of hydrogen-bond donors (Lipinski definition) is 1. The average Bonchev–Trinajstić information content (AvgIpc) is 2.30. The standard InChI is InChI=1S/C14H18O2/c1-4-12(10-15)14(16,5-2)13-9-7-6-8-11(13)3/h6-9,16H,4-5H2,1-3H3. The van der Waals surface area contributed by atoms with Crippen molar-refractivity contribution in [1.82, 2.24) is 0 Å². The average molecular weight is 218 g/mol. The molecule has 0 heterocycles. The number of aryl methyl sites for hydroxylation is 1. The monoisotopic (exact) mass is 218 g/mol. The van der Waals surface area contributed by atoms with Crippen LogP contribution < -0.4 is 0 Å². The molecule has 0 aromatic heterocycles. The molecule has 0 radical (unpaired) electrons. The van der Waals surface area contributed by atoms with Crippen LogP contribution in [-0.2, 0) is 10.4 Å². The van der Waals surface area contributed by atoms with Gasteiger partial charge in [0.25, 0.3) is 0 Å². The molecular formula is C14H18O2. The number of carbonyl (C=O) groups excluding carboxylic acids is 1. The Balaban J connectivity index is 3.36. The minimum absolute atomic E-state index is 0.421. The normalized spacial score (nSPS) is 14.0. The maximum Gasteiger partial charge on any atom is 0.126 e. The molecular weight excluding hydrogens is 200 g/mol. The molecule has 0 aliphatic rings. The van der Waals surface area contributed by atoms with E-state index in [4.69, 9.17) is 0 Å². The van der Waals surface area contributed by atoms with Gasteiger partial charge in [-0.15, -0.1) is 0 Å².